The topological polar surface area (TPSA) is 33.4 Å². The van der Waals surface area contributed by atoms with Crippen LogP contribution in [0.25, 0.3) is 5.65 Å². The number of aromatic nitrogens is 3. The van der Waals surface area contributed by atoms with Crippen LogP contribution in [0, 0.1) is 5.92 Å². The van der Waals surface area contributed by atoms with Gasteiger partial charge < -0.3 is 4.90 Å². The Hall–Kier alpha value is -1.88. The first-order valence-corrected chi connectivity index (χ1v) is 8.18. The fourth-order valence-electron chi connectivity index (χ4n) is 2.69. The van der Waals surface area contributed by atoms with Crippen LogP contribution in [0.2, 0.25) is 0 Å². The molecule has 2 aromatic heterocycles. The van der Waals surface area contributed by atoms with Crippen LogP contribution in [-0.4, -0.2) is 28.2 Å². The normalized spacial score (nSPS) is 12.5. The van der Waals surface area contributed by atoms with Crippen molar-refractivity contribution >= 4 is 27.4 Å². The molecule has 0 aliphatic rings. The Balaban J connectivity index is 1.69. The van der Waals surface area contributed by atoms with Crippen LogP contribution in [0.4, 0.5) is 5.82 Å². The summed E-state index contributed by atoms with van der Waals surface area (Å²) in [5, 5.41) is 4.22. The summed E-state index contributed by atoms with van der Waals surface area (Å²) < 4.78 is 2.69. The fraction of sp³-hybridized carbons (Fsp3) is 0.294. The number of halogens is 1. The first-order chi connectivity index (χ1) is 10.6. The molecule has 0 saturated heterocycles. The van der Waals surface area contributed by atoms with E-state index in [9.17, 15) is 0 Å². The lowest BCUT2D eigenvalue weighted by Crippen LogP contribution is -2.26. The van der Waals surface area contributed by atoms with Gasteiger partial charge in [0.15, 0.2) is 5.65 Å². The molecule has 0 bridgehead atoms. The summed E-state index contributed by atoms with van der Waals surface area (Å²) >= 11 is 3.48. The summed E-state index contributed by atoms with van der Waals surface area (Å²) in [5.74, 6) is 1.52. The molecule has 5 heteroatoms. The van der Waals surface area contributed by atoms with Crippen molar-refractivity contribution in [1.82, 2.24) is 14.6 Å². The maximum atomic E-state index is 4.67. The molecular weight excluding hydrogens is 340 g/mol. The van der Waals surface area contributed by atoms with E-state index in [2.05, 4.69) is 75.2 Å². The molecule has 0 saturated carbocycles. The highest BCUT2D eigenvalue weighted by atomic mass is 79.9. The number of hydrogen-bond donors (Lipinski definition) is 0. The van der Waals surface area contributed by atoms with E-state index in [0.29, 0.717) is 5.92 Å². The van der Waals surface area contributed by atoms with Crippen LogP contribution in [0.3, 0.4) is 0 Å². The standard InChI is InChI=1S/C17H19BrN4/c1-13(10-14-6-4-3-5-7-14)12-21(2)16-8-9-22-17(20-16)15(18)11-19-22/h3-9,11,13H,10,12H2,1-2H3. The van der Waals surface area contributed by atoms with E-state index in [4.69, 9.17) is 0 Å². The van der Waals surface area contributed by atoms with Crippen LogP contribution in [0.1, 0.15) is 12.5 Å². The Morgan fingerprint density at radius 1 is 1.23 bits per heavy atom. The van der Waals surface area contributed by atoms with Crippen molar-refractivity contribution in [3.8, 4) is 0 Å². The van der Waals surface area contributed by atoms with Crippen molar-refractivity contribution in [1.29, 1.82) is 0 Å². The number of anilines is 1. The van der Waals surface area contributed by atoms with E-state index in [1.807, 2.05) is 12.3 Å². The number of fused-ring (bicyclic) bond motifs is 1. The maximum Gasteiger partial charge on any atom is 0.171 e. The van der Waals surface area contributed by atoms with Gasteiger partial charge in [-0.05, 0) is 39.9 Å². The molecule has 0 spiro atoms. The second-order valence-corrected chi connectivity index (χ2v) is 6.58. The summed E-state index contributed by atoms with van der Waals surface area (Å²) in [6.45, 7) is 3.24. The van der Waals surface area contributed by atoms with Gasteiger partial charge in [0.2, 0.25) is 0 Å². The zero-order chi connectivity index (χ0) is 15.5. The molecule has 0 aliphatic heterocycles. The molecule has 1 unspecified atom stereocenters. The molecule has 3 rings (SSSR count). The van der Waals surface area contributed by atoms with Gasteiger partial charge in [-0.2, -0.15) is 5.10 Å². The fourth-order valence-corrected chi connectivity index (χ4v) is 3.05. The smallest absolute Gasteiger partial charge is 0.171 e. The third kappa shape index (κ3) is 3.30. The third-order valence-electron chi connectivity index (χ3n) is 3.71. The van der Waals surface area contributed by atoms with Crippen molar-refractivity contribution in [3.63, 3.8) is 0 Å². The zero-order valence-corrected chi connectivity index (χ0v) is 14.4. The van der Waals surface area contributed by atoms with Gasteiger partial charge in [0.05, 0.1) is 10.7 Å². The lowest BCUT2D eigenvalue weighted by atomic mass is 10.0. The van der Waals surface area contributed by atoms with E-state index >= 15 is 0 Å². The average Bonchev–Trinajstić information content (AvgIpc) is 2.89. The second-order valence-electron chi connectivity index (χ2n) is 5.72. The molecule has 2 heterocycles. The number of benzene rings is 1. The SMILES string of the molecule is CC(Cc1ccccc1)CN(C)c1ccn2ncc(Br)c2n1. The highest BCUT2D eigenvalue weighted by Crippen LogP contribution is 2.19. The molecule has 0 radical (unpaired) electrons. The Kier molecular flexibility index (Phi) is 4.43. The largest absolute Gasteiger partial charge is 0.359 e. The number of hydrogen-bond acceptors (Lipinski definition) is 3. The predicted molar refractivity (Wildman–Crippen MR) is 93.3 cm³/mol. The van der Waals surface area contributed by atoms with Crippen molar-refractivity contribution in [2.75, 3.05) is 18.5 Å². The second kappa shape index (κ2) is 6.48. The van der Waals surface area contributed by atoms with E-state index in [-0.39, 0.29) is 0 Å². The molecule has 22 heavy (non-hydrogen) atoms. The Labute approximate surface area is 138 Å². The molecule has 0 N–H and O–H groups in total. The summed E-state index contributed by atoms with van der Waals surface area (Å²) in [7, 11) is 2.09. The Bertz CT molecular complexity index is 754. The first-order valence-electron chi connectivity index (χ1n) is 7.38. The van der Waals surface area contributed by atoms with Crippen molar-refractivity contribution in [2.45, 2.75) is 13.3 Å². The molecule has 114 valence electrons. The Morgan fingerprint density at radius 2 is 2.00 bits per heavy atom. The first kappa shape index (κ1) is 15.0. The van der Waals surface area contributed by atoms with Crippen molar-refractivity contribution < 1.29 is 0 Å². The maximum absolute atomic E-state index is 4.67. The molecule has 0 amide bonds. The van der Waals surface area contributed by atoms with Crippen LogP contribution < -0.4 is 4.90 Å². The van der Waals surface area contributed by atoms with Gasteiger partial charge in [0, 0.05) is 19.8 Å². The van der Waals surface area contributed by atoms with Gasteiger partial charge in [0.1, 0.15) is 5.82 Å². The summed E-state index contributed by atoms with van der Waals surface area (Å²) in [6.07, 6.45) is 4.79. The quantitative estimate of drug-likeness (QED) is 0.695. The van der Waals surface area contributed by atoms with Gasteiger partial charge in [0.25, 0.3) is 0 Å². The molecule has 1 atom stereocenters. The minimum atomic E-state index is 0.554. The molecule has 0 aliphatic carbocycles. The van der Waals surface area contributed by atoms with Gasteiger partial charge in [-0.15, -0.1) is 0 Å². The van der Waals surface area contributed by atoms with Crippen LogP contribution in [-0.2, 0) is 6.42 Å². The highest BCUT2D eigenvalue weighted by molar-refractivity contribution is 9.10. The zero-order valence-electron chi connectivity index (χ0n) is 12.8. The summed E-state index contributed by atoms with van der Waals surface area (Å²) in [5.41, 5.74) is 2.23. The summed E-state index contributed by atoms with van der Waals surface area (Å²) in [4.78, 5) is 6.88. The highest BCUT2D eigenvalue weighted by Gasteiger charge is 2.11. The predicted octanol–water partition coefficient (Wildman–Crippen LogP) is 3.81. The van der Waals surface area contributed by atoms with E-state index < -0.39 is 0 Å². The molecule has 4 nitrogen and oxygen atoms in total. The number of nitrogens with zero attached hydrogens (tertiary/aromatic N) is 4. The molecular formula is C17H19BrN4. The van der Waals surface area contributed by atoms with Crippen LogP contribution in [0.5, 0.6) is 0 Å². The number of rotatable bonds is 5. The minimum absolute atomic E-state index is 0.554. The monoisotopic (exact) mass is 358 g/mol. The van der Waals surface area contributed by atoms with Gasteiger partial charge in [-0.25, -0.2) is 9.50 Å². The van der Waals surface area contributed by atoms with Crippen LogP contribution >= 0.6 is 15.9 Å². The lowest BCUT2D eigenvalue weighted by molar-refractivity contribution is 0.573. The van der Waals surface area contributed by atoms with Crippen molar-refractivity contribution in [3.05, 3.63) is 58.8 Å². The third-order valence-corrected chi connectivity index (χ3v) is 4.27. The molecule has 1 aromatic carbocycles. The lowest BCUT2D eigenvalue weighted by Gasteiger charge is -2.22. The van der Waals surface area contributed by atoms with Gasteiger partial charge in [-0.3, -0.25) is 0 Å². The van der Waals surface area contributed by atoms with E-state index in [1.54, 1.807) is 10.7 Å². The minimum Gasteiger partial charge on any atom is -0.359 e. The summed E-state index contributed by atoms with van der Waals surface area (Å²) in [6, 6.07) is 12.6. The van der Waals surface area contributed by atoms with Gasteiger partial charge >= 0.3 is 0 Å². The van der Waals surface area contributed by atoms with Crippen LogP contribution in [0.15, 0.2) is 53.3 Å². The molecule has 0 fully saturated rings. The van der Waals surface area contributed by atoms with E-state index in [0.717, 1.165) is 28.9 Å². The molecule has 3 aromatic rings. The Morgan fingerprint density at radius 3 is 2.77 bits per heavy atom. The van der Waals surface area contributed by atoms with Crippen molar-refractivity contribution in [2.24, 2.45) is 5.92 Å². The van der Waals surface area contributed by atoms with E-state index in [1.165, 1.54) is 5.56 Å². The average molecular weight is 359 g/mol. The van der Waals surface area contributed by atoms with Gasteiger partial charge in [-0.1, -0.05) is 37.3 Å².